The van der Waals surface area contributed by atoms with Crippen LogP contribution >= 0.6 is 0 Å². The average Bonchev–Trinajstić information content (AvgIpc) is 2.34. The Morgan fingerprint density at radius 3 is 2.28 bits per heavy atom. The molecule has 1 saturated heterocycles. The highest BCUT2D eigenvalue weighted by Gasteiger charge is 2.43. The largest absolute Gasteiger partial charge is 0.459 e. The molecule has 0 saturated carbocycles. The lowest BCUT2D eigenvalue weighted by Crippen LogP contribution is -2.59. The molecule has 4 N–H and O–H groups in total. The zero-order chi connectivity index (χ0) is 13.9. The van der Waals surface area contributed by atoms with Gasteiger partial charge in [0.15, 0.2) is 0 Å². The van der Waals surface area contributed by atoms with Gasteiger partial charge in [0.25, 0.3) is 0 Å². The summed E-state index contributed by atoms with van der Waals surface area (Å²) in [5, 5.41) is 37.6. The average molecular weight is 262 g/mol. The van der Waals surface area contributed by atoms with Gasteiger partial charge in [-0.1, -0.05) is 6.58 Å². The van der Waals surface area contributed by atoms with Gasteiger partial charge in [0.2, 0.25) is 0 Å². The number of aliphatic hydroxyl groups excluding tert-OH is 4. The highest BCUT2D eigenvalue weighted by atomic mass is 16.6. The number of esters is 1. The number of hydrogen-bond donors (Lipinski definition) is 4. The van der Waals surface area contributed by atoms with Gasteiger partial charge in [0.05, 0.1) is 6.61 Å². The van der Waals surface area contributed by atoms with Gasteiger partial charge in [-0.25, -0.2) is 4.79 Å². The molecule has 1 aliphatic heterocycles. The van der Waals surface area contributed by atoms with Gasteiger partial charge in [-0.05, 0) is 6.92 Å². The van der Waals surface area contributed by atoms with Crippen molar-refractivity contribution >= 4 is 5.97 Å². The summed E-state index contributed by atoms with van der Waals surface area (Å²) in [5.74, 6) is -0.646. The van der Waals surface area contributed by atoms with E-state index in [9.17, 15) is 20.1 Å². The van der Waals surface area contributed by atoms with Crippen molar-refractivity contribution in [2.24, 2.45) is 0 Å². The molecule has 0 radical (unpaired) electrons. The van der Waals surface area contributed by atoms with E-state index < -0.39 is 43.1 Å². The molecule has 0 spiro atoms. The van der Waals surface area contributed by atoms with Crippen molar-refractivity contribution in [1.29, 1.82) is 0 Å². The highest BCUT2D eigenvalue weighted by molar-refractivity contribution is 5.86. The topological polar surface area (TPSA) is 116 Å². The summed E-state index contributed by atoms with van der Waals surface area (Å²) in [5.41, 5.74) is 0.194. The summed E-state index contributed by atoms with van der Waals surface area (Å²) >= 11 is 0. The fourth-order valence-corrected chi connectivity index (χ4v) is 1.60. The molecular weight excluding hydrogens is 244 g/mol. The standard InChI is InChI=1S/C11H18O7/c1-5(2)11(16)17-4-7-9(14)10(15)8(13)6(3-12)18-7/h6-10,12-15H,1,3-4H2,2H3/t6-,7?,8-,9+,10+/m1/s1. The molecule has 1 fully saturated rings. The first kappa shape index (κ1) is 15.1. The van der Waals surface area contributed by atoms with E-state index in [4.69, 9.17) is 14.6 Å². The normalized spacial score (nSPS) is 36.2. The van der Waals surface area contributed by atoms with Gasteiger partial charge in [0, 0.05) is 5.57 Å². The summed E-state index contributed by atoms with van der Waals surface area (Å²) in [4.78, 5) is 11.2. The van der Waals surface area contributed by atoms with Crippen molar-refractivity contribution in [3.05, 3.63) is 12.2 Å². The summed E-state index contributed by atoms with van der Waals surface area (Å²) in [6, 6.07) is 0. The maximum absolute atomic E-state index is 11.2. The Labute approximate surface area is 104 Å². The van der Waals surface area contributed by atoms with Crippen LogP contribution in [0.4, 0.5) is 0 Å². The summed E-state index contributed by atoms with van der Waals surface area (Å²) in [6.07, 6.45) is -6.30. The molecule has 18 heavy (non-hydrogen) atoms. The second-order valence-corrected chi connectivity index (χ2v) is 4.25. The van der Waals surface area contributed by atoms with Crippen molar-refractivity contribution in [1.82, 2.24) is 0 Å². The van der Waals surface area contributed by atoms with Crippen molar-refractivity contribution in [3.63, 3.8) is 0 Å². The van der Waals surface area contributed by atoms with Crippen molar-refractivity contribution < 1.29 is 34.7 Å². The van der Waals surface area contributed by atoms with E-state index in [-0.39, 0.29) is 12.2 Å². The maximum atomic E-state index is 11.2. The van der Waals surface area contributed by atoms with Crippen LogP contribution in [-0.2, 0) is 14.3 Å². The molecule has 1 unspecified atom stereocenters. The number of hydrogen-bond acceptors (Lipinski definition) is 7. The van der Waals surface area contributed by atoms with Gasteiger partial charge >= 0.3 is 5.97 Å². The Kier molecular flexibility index (Phi) is 5.24. The monoisotopic (exact) mass is 262 g/mol. The smallest absolute Gasteiger partial charge is 0.333 e. The van der Waals surface area contributed by atoms with Crippen molar-refractivity contribution in [3.8, 4) is 0 Å². The van der Waals surface area contributed by atoms with E-state index in [1.54, 1.807) is 0 Å². The Morgan fingerprint density at radius 1 is 1.22 bits per heavy atom. The van der Waals surface area contributed by atoms with E-state index >= 15 is 0 Å². The third-order valence-corrected chi connectivity index (χ3v) is 2.72. The van der Waals surface area contributed by atoms with Gasteiger partial charge in [-0.2, -0.15) is 0 Å². The molecule has 0 amide bonds. The van der Waals surface area contributed by atoms with Crippen LogP contribution in [0.3, 0.4) is 0 Å². The molecule has 1 rings (SSSR count). The van der Waals surface area contributed by atoms with Crippen molar-refractivity contribution in [2.75, 3.05) is 13.2 Å². The van der Waals surface area contributed by atoms with Crippen molar-refractivity contribution in [2.45, 2.75) is 37.4 Å². The maximum Gasteiger partial charge on any atom is 0.333 e. The summed E-state index contributed by atoms with van der Waals surface area (Å²) in [7, 11) is 0. The van der Waals surface area contributed by atoms with Crippen LogP contribution in [0, 0.1) is 0 Å². The fraction of sp³-hybridized carbons (Fsp3) is 0.727. The van der Waals surface area contributed by atoms with Crippen LogP contribution in [0.25, 0.3) is 0 Å². The summed E-state index contributed by atoms with van der Waals surface area (Å²) < 4.78 is 9.94. The minimum Gasteiger partial charge on any atom is -0.459 e. The van der Waals surface area contributed by atoms with Crippen LogP contribution in [0.15, 0.2) is 12.2 Å². The second-order valence-electron chi connectivity index (χ2n) is 4.25. The molecular formula is C11H18O7. The lowest BCUT2D eigenvalue weighted by molar-refractivity contribution is -0.237. The minimum atomic E-state index is -1.47. The molecule has 5 atom stereocenters. The number of aliphatic hydroxyl groups is 4. The SMILES string of the molecule is C=C(C)C(=O)OCC1O[C@H](CO)[C@@H](O)[C@H](O)[C@H]1O. The lowest BCUT2D eigenvalue weighted by atomic mass is 9.95. The predicted molar refractivity (Wildman–Crippen MR) is 59.5 cm³/mol. The zero-order valence-corrected chi connectivity index (χ0v) is 10.0. The zero-order valence-electron chi connectivity index (χ0n) is 10.0. The van der Waals surface area contributed by atoms with E-state index in [2.05, 4.69) is 6.58 Å². The van der Waals surface area contributed by atoms with Gasteiger partial charge in [0.1, 0.15) is 37.1 Å². The molecule has 0 bridgehead atoms. The third-order valence-electron chi connectivity index (χ3n) is 2.72. The Morgan fingerprint density at radius 2 is 1.78 bits per heavy atom. The molecule has 0 aromatic heterocycles. The molecule has 1 aliphatic rings. The van der Waals surface area contributed by atoms with E-state index in [0.29, 0.717) is 0 Å². The highest BCUT2D eigenvalue weighted by Crippen LogP contribution is 2.21. The number of rotatable bonds is 4. The van der Waals surface area contributed by atoms with Crippen LogP contribution in [-0.4, -0.2) is 70.1 Å². The molecule has 7 heteroatoms. The molecule has 0 aliphatic carbocycles. The first-order chi connectivity index (χ1) is 8.38. The Hall–Kier alpha value is -0.990. The van der Waals surface area contributed by atoms with Crippen LogP contribution in [0.5, 0.6) is 0 Å². The van der Waals surface area contributed by atoms with Crippen LogP contribution in [0.2, 0.25) is 0 Å². The number of carbonyl (C=O) groups excluding carboxylic acids is 1. The number of carbonyl (C=O) groups is 1. The van der Waals surface area contributed by atoms with Gasteiger partial charge in [-0.15, -0.1) is 0 Å². The second kappa shape index (κ2) is 6.26. The van der Waals surface area contributed by atoms with E-state index in [1.807, 2.05) is 0 Å². The Bertz CT molecular complexity index is 315. The molecule has 7 nitrogen and oxygen atoms in total. The lowest BCUT2D eigenvalue weighted by Gasteiger charge is -2.39. The van der Waals surface area contributed by atoms with E-state index in [1.165, 1.54) is 6.92 Å². The predicted octanol–water partition coefficient (Wildman–Crippen LogP) is -2.05. The van der Waals surface area contributed by atoms with E-state index in [0.717, 1.165) is 0 Å². The molecule has 1 heterocycles. The van der Waals surface area contributed by atoms with Gasteiger partial charge < -0.3 is 29.9 Å². The minimum absolute atomic E-state index is 0.194. The molecule has 0 aromatic carbocycles. The van der Waals surface area contributed by atoms with Crippen LogP contribution in [0.1, 0.15) is 6.92 Å². The molecule has 104 valence electrons. The summed E-state index contributed by atoms with van der Waals surface area (Å²) in [6.45, 7) is 4.04. The van der Waals surface area contributed by atoms with Crippen LogP contribution < -0.4 is 0 Å². The molecule has 0 aromatic rings. The Balaban J connectivity index is 2.59. The fourth-order valence-electron chi connectivity index (χ4n) is 1.60. The third kappa shape index (κ3) is 3.27. The first-order valence-corrected chi connectivity index (χ1v) is 5.51. The number of ether oxygens (including phenoxy) is 2. The van der Waals surface area contributed by atoms with Gasteiger partial charge in [-0.3, -0.25) is 0 Å². The first-order valence-electron chi connectivity index (χ1n) is 5.51. The quantitative estimate of drug-likeness (QED) is 0.340.